The van der Waals surface area contributed by atoms with E-state index in [1.165, 1.54) is 6.07 Å². The van der Waals surface area contributed by atoms with Crippen LogP contribution in [0.5, 0.6) is 5.75 Å². The van der Waals surface area contributed by atoms with Gasteiger partial charge in [-0.05, 0) is 25.1 Å². The lowest BCUT2D eigenvalue weighted by Crippen LogP contribution is -2.24. The zero-order chi connectivity index (χ0) is 17.0. The normalized spacial score (nSPS) is 12.3. The van der Waals surface area contributed by atoms with E-state index in [1.54, 1.807) is 25.1 Å². The molecule has 0 bridgehead atoms. The van der Waals surface area contributed by atoms with Crippen LogP contribution in [0.3, 0.4) is 0 Å². The summed E-state index contributed by atoms with van der Waals surface area (Å²) in [4.78, 5) is 11.7. The van der Waals surface area contributed by atoms with Crippen molar-refractivity contribution in [2.75, 3.05) is 0 Å². The second-order valence-electron chi connectivity index (χ2n) is 4.65. The van der Waals surface area contributed by atoms with E-state index in [0.717, 1.165) is 16.9 Å². The molecule has 0 atom stereocenters. The molecule has 0 aliphatic heterocycles. The van der Waals surface area contributed by atoms with E-state index in [2.05, 4.69) is 15.6 Å². The second-order valence-corrected chi connectivity index (χ2v) is 4.65. The average molecular weight is 326 g/mol. The van der Waals surface area contributed by atoms with Crippen molar-refractivity contribution in [3.63, 3.8) is 0 Å². The number of para-hydroxylation sites is 1. The summed E-state index contributed by atoms with van der Waals surface area (Å²) in [5.41, 5.74) is 1.92. The van der Waals surface area contributed by atoms with Crippen LogP contribution in [0, 0.1) is 0 Å². The minimum Gasteiger partial charge on any atom is -0.507 e. The van der Waals surface area contributed by atoms with Crippen LogP contribution in [0.1, 0.15) is 18.2 Å². The molecule has 9 heteroatoms. The van der Waals surface area contributed by atoms with Crippen molar-refractivity contribution in [3.05, 3.63) is 47.8 Å². The van der Waals surface area contributed by atoms with Crippen molar-refractivity contribution in [2.24, 2.45) is 5.10 Å². The van der Waals surface area contributed by atoms with Crippen LogP contribution in [0.25, 0.3) is 0 Å². The van der Waals surface area contributed by atoms with Gasteiger partial charge >= 0.3 is 6.18 Å². The van der Waals surface area contributed by atoms with Gasteiger partial charge in [-0.2, -0.15) is 23.4 Å². The van der Waals surface area contributed by atoms with Crippen LogP contribution in [-0.4, -0.2) is 26.5 Å². The number of rotatable bonds is 4. The number of halogens is 3. The Morgan fingerprint density at radius 2 is 2.04 bits per heavy atom. The first-order valence-corrected chi connectivity index (χ1v) is 6.49. The lowest BCUT2D eigenvalue weighted by molar-refractivity contribution is -0.141. The van der Waals surface area contributed by atoms with Gasteiger partial charge in [0.25, 0.3) is 5.91 Å². The number of amides is 1. The zero-order valence-electron chi connectivity index (χ0n) is 12.0. The van der Waals surface area contributed by atoms with Crippen LogP contribution in [0.15, 0.2) is 41.6 Å². The van der Waals surface area contributed by atoms with Gasteiger partial charge in [0, 0.05) is 11.8 Å². The monoisotopic (exact) mass is 326 g/mol. The highest BCUT2D eigenvalue weighted by atomic mass is 19.4. The van der Waals surface area contributed by atoms with Crippen LogP contribution in [0.4, 0.5) is 13.2 Å². The lowest BCUT2D eigenvalue weighted by Gasteiger charge is -2.05. The first-order chi connectivity index (χ1) is 10.8. The maximum atomic E-state index is 12.4. The molecule has 1 amide bonds. The van der Waals surface area contributed by atoms with Gasteiger partial charge in [-0.3, -0.25) is 9.48 Å². The summed E-state index contributed by atoms with van der Waals surface area (Å²) >= 11 is 0. The Hall–Kier alpha value is -2.84. The number of aromatic hydroxyl groups is 1. The fraction of sp³-hybridized carbons (Fsp3) is 0.214. The van der Waals surface area contributed by atoms with Gasteiger partial charge in [-0.1, -0.05) is 12.1 Å². The van der Waals surface area contributed by atoms with E-state index in [4.69, 9.17) is 0 Å². The number of hydrogen-bond acceptors (Lipinski definition) is 4. The van der Waals surface area contributed by atoms with Crippen LogP contribution in [-0.2, 0) is 17.5 Å². The van der Waals surface area contributed by atoms with E-state index < -0.39 is 24.3 Å². The number of carbonyl (C=O) groups is 1. The fourth-order valence-corrected chi connectivity index (χ4v) is 1.77. The number of benzene rings is 1. The Kier molecular flexibility index (Phi) is 4.68. The summed E-state index contributed by atoms with van der Waals surface area (Å²) in [7, 11) is 0. The number of hydrazone groups is 1. The molecule has 1 aromatic heterocycles. The maximum absolute atomic E-state index is 12.4. The molecule has 0 saturated heterocycles. The van der Waals surface area contributed by atoms with E-state index >= 15 is 0 Å². The quantitative estimate of drug-likeness (QED) is 0.667. The molecule has 0 saturated carbocycles. The van der Waals surface area contributed by atoms with Gasteiger partial charge in [0.05, 0.1) is 5.71 Å². The van der Waals surface area contributed by atoms with Crippen molar-refractivity contribution in [1.82, 2.24) is 15.2 Å². The number of aromatic nitrogens is 2. The number of alkyl halides is 3. The highest BCUT2D eigenvalue weighted by Crippen LogP contribution is 2.27. The number of carbonyl (C=O) groups excluding carboxylic acids is 1. The number of hydrogen-bond donors (Lipinski definition) is 2. The lowest BCUT2D eigenvalue weighted by atomic mass is 10.1. The number of phenols is 1. The smallest absolute Gasteiger partial charge is 0.435 e. The molecule has 2 aromatic rings. The molecule has 2 N–H and O–H groups in total. The Labute approximate surface area is 129 Å². The van der Waals surface area contributed by atoms with Gasteiger partial charge in [-0.15, -0.1) is 0 Å². The molecule has 0 aliphatic carbocycles. The molecule has 0 unspecified atom stereocenters. The number of nitrogens with one attached hydrogen (secondary N) is 1. The Morgan fingerprint density at radius 1 is 1.35 bits per heavy atom. The standard InChI is InChI=1S/C14H13F3N4O2/c1-9(10-4-2-3-5-11(10)22)18-19-13(23)8-21-7-6-12(20-21)14(15,16)17/h2-7,22H,8H2,1H3,(H,19,23). The first-order valence-electron chi connectivity index (χ1n) is 6.49. The molecule has 1 aromatic carbocycles. The summed E-state index contributed by atoms with van der Waals surface area (Å²) in [5, 5.41) is 16.7. The van der Waals surface area contributed by atoms with E-state index in [-0.39, 0.29) is 5.75 Å². The highest BCUT2D eigenvalue weighted by Gasteiger charge is 2.33. The van der Waals surface area contributed by atoms with Crippen LogP contribution in [0.2, 0.25) is 0 Å². The van der Waals surface area contributed by atoms with Gasteiger partial charge < -0.3 is 5.11 Å². The molecule has 0 aliphatic rings. The molecule has 0 radical (unpaired) electrons. The third-order valence-corrected chi connectivity index (χ3v) is 2.88. The molecule has 0 fully saturated rings. The van der Waals surface area contributed by atoms with E-state index in [9.17, 15) is 23.1 Å². The van der Waals surface area contributed by atoms with Crippen molar-refractivity contribution < 1.29 is 23.1 Å². The summed E-state index contributed by atoms with van der Waals surface area (Å²) in [6, 6.07) is 7.20. The van der Waals surface area contributed by atoms with Crippen LogP contribution >= 0.6 is 0 Å². The van der Waals surface area contributed by atoms with Crippen molar-refractivity contribution in [2.45, 2.75) is 19.6 Å². The highest BCUT2D eigenvalue weighted by molar-refractivity contribution is 6.01. The Balaban J connectivity index is 1.99. The van der Waals surface area contributed by atoms with Crippen LogP contribution < -0.4 is 5.43 Å². The van der Waals surface area contributed by atoms with E-state index in [0.29, 0.717) is 11.3 Å². The SMILES string of the molecule is CC(=NNC(=O)Cn1ccc(C(F)(F)F)n1)c1ccccc1O. The molecule has 122 valence electrons. The molecule has 2 rings (SSSR count). The molecular weight excluding hydrogens is 313 g/mol. The topological polar surface area (TPSA) is 79.5 Å². The summed E-state index contributed by atoms with van der Waals surface area (Å²) in [6.45, 7) is 1.17. The molecule has 23 heavy (non-hydrogen) atoms. The predicted octanol–water partition coefficient (Wildman–Crippen LogP) is 2.15. The maximum Gasteiger partial charge on any atom is 0.435 e. The molecule has 1 heterocycles. The van der Waals surface area contributed by atoms with Crippen molar-refractivity contribution in [1.29, 1.82) is 0 Å². The Morgan fingerprint density at radius 3 is 2.65 bits per heavy atom. The summed E-state index contributed by atoms with van der Waals surface area (Å²) < 4.78 is 38.1. The minimum absolute atomic E-state index is 0.00453. The fourth-order valence-electron chi connectivity index (χ4n) is 1.77. The first kappa shape index (κ1) is 16.5. The average Bonchev–Trinajstić information content (AvgIpc) is 2.94. The van der Waals surface area contributed by atoms with Crippen molar-refractivity contribution >= 4 is 11.6 Å². The third kappa shape index (κ3) is 4.31. The van der Waals surface area contributed by atoms with Gasteiger partial charge in [-0.25, -0.2) is 5.43 Å². The molecule has 0 spiro atoms. The summed E-state index contributed by atoms with van der Waals surface area (Å²) in [5.74, 6) is -0.638. The molecule has 6 nitrogen and oxygen atoms in total. The van der Waals surface area contributed by atoms with E-state index in [1.807, 2.05) is 0 Å². The second kappa shape index (κ2) is 6.51. The summed E-state index contributed by atoms with van der Waals surface area (Å²) in [6.07, 6.45) is -3.50. The predicted molar refractivity (Wildman–Crippen MR) is 75.7 cm³/mol. The van der Waals surface area contributed by atoms with Gasteiger partial charge in [0.2, 0.25) is 0 Å². The largest absolute Gasteiger partial charge is 0.507 e. The third-order valence-electron chi connectivity index (χ3n) is 2.88. The number of nitrogens with zero attached hydrogens (tertiary/aromatic N) is 3. The minimum atomic E-state index is -4.55. The van der Waals surface area contributed by atoms with Gasteiger partial charge in [0.1, 0.15) is 12.3 Å². The Bertz CT molecular complexity index is 738. The molecular formula is C14H13F3N4O2. The van der Waals surface area contributed by atoms with Crippen molar-refractivity contribution in [3.8, 4) is 5.75 Å². The number of phenolic OH excluding ortho intramolecular Hbond substituents is 1. The van der Waals surface area contributed by atoms with Gasteiger partial charge in [0.15, 0.2) is 5.69 Å². The zero-order valence-corrected chi connectivity index (χ0v) is 12.0.